The Bertz CT molecular complexity index is 1090. The van der Waals surface area contributed by atoms with E-state index in [1.807, 2.05) is 4.90 Å². The number of halogens is 3. The summed E-state index contributed by atoms with van der Waals surface area (Å²) in [6, 6.07) is 7.67. The van der Waals surface area contributed by atoms with Crippen molar-refractivity contribution < 1.29 is 17.9 Å². The summed E-state index contributed by atoms with van der Waals surface area (Å²) in [7, 11) is 1.56. The van der Waals surface area contributed by atoms with Gasteiger partial charge in [0, 0.05) is 31.9 Å². The molecule has 0 aliphatic carbocycles. The van der Waals surface area contributed by atoms with Crippen molar-refractivity contribution in [3.63, 3.8) is 0 Å². The Morgan fingerprint density at radius 1 is 1.13 bits per heavy atom. The van der Waals surface area contributed by atoms with Gasteiger partial charge in [0.1, 0.15) is 11.6 Å². The molecule has 2 aromatic heterocycles. The van der Waals surface area contributed by atoms with Crippen LogP contribution in [0.1, 0.15) is 18.4 Å². The van der Waals surface area contributed by atoms with Crippen LogP contribution in [0.3, 0.4) is 0 Å². The number of alkyl halides is 3. The van der Waals surface area contributed by atoms with E-state index in [9.17, 15) is 18.0 Å². The molecule has 0 bridgehead atoms. The number of nitrogens with zero attached hydrogens (tertiary/aromatic N) is 4. The summed E-state index contributed by atoms with van der Waals surface area (Å²) in [4.78, 5) is 23.1. The average Bonchev–Trinajstić information content (AvgIpc) is 2.75. The van der Waals surface area contributed by atoms with E-state index in [1.165, 1.54) is 6.07 Å². The fourth-order valence-electron chi connectivity index (χ4n) is 3.76. The fraction of sp³-hybridized carbons (Fsp3) is 0.381. The molecule has 30 heavy (non-hydrogen) atoms. The molecule has 6 nitrogen and oxygen atoms in total. The number of ether oxygens (including phenoxy) is 1. The second-order valence-corrected chi connectivity index (χ2v) is 7.42. The maximum Gasteiger partial charge on any atom is 0.417 e. The van der Waals surface area contributed by atoms with Crippen LogP contribution in [0.15, 0.2) is 47.7 Å². The monoisotopic (exact) mass is 418 g/mol. The van der Waals surface area contributed by atoms with Crippen LogP contribution < -0.4 is 15.2 Å². The molecule has 9 heteroatoms. The van der Waals surface area contributed by atoms with Gasteiger partial charge >= 0.3 is 6.18 Å². The molecule has 1 fully saturated rings. The second kappa shape index (κ2) is 7.97. The van der Waals surface area contributed by atoms with Crippen molar-refractivity contribution in [2.75, 3.05) is 25.1 Å². The molecule has 3 aromatic rings. The van der Waals surface area contributed by atoms with Crippen LogP contribution >= 0.6 is 0 Å². The van der Waals surface area contributed by atoms with Crippen LogP contribution in [0, 0.1) is 5.92 Å². The van der Waals surface area contributed by atoms with E-state index in [4.69, 9.17) is 4.74 Å². The van der Waals surface area contributed by atoms with Gasteiger partial charge in [-0.1, -0.05) is 0 Å². The first-order valence-electron chi connectivity index (χ1n) is 9.66. The van der Waals surface area contributed by atoms with Gasteiger partial charge in [-0.3, -0.25) is 9.36 Å². The van der Waals surface area contributed by atoms with Gasteiger partial charge in [-0.15, -0.1) is 0 Å². The number of benzene rings is 1. The molecule has 0 N–H and O–H groups in total. The standard InChI is InChI=1S/C21H21F3N4O2/c1-30-16-3-4-17-18(10-16)26-13-28(20(17)29)12-14-6-8-27(9-7-14)19-5-2-15(11-25-19)21(22,23)24/h2-5,10-11,13-14H,6-9,12H2,1H3. The lowest BCUT2D eigenvalue weighted by atomic mass is 9.96. The van der Waals surface area contributed by atoms with Crippen molar-refractivity contribution in [3.8, 4) is 5.75 Å². The predicted octanol–water partition coefficient (Wildman–Crippen LogP) is 3.74. The minimum atomic E-state index is -4.38. The first-order valence-corrected chi connectivity index (χ1v) is 9.66. The highest BCUT2D eigenvalue weighted by atomic mass is 19.4. The number of piperidine rings is 1. The van der Waals surface area contributed by atoms with Gasteiger partial charge in [-0.25, -0.2) is 9.97 Å². The van der Waals surface area contributed by atoms with E-state index in [1.54, 1.807) is 36.2 Å². The molecule has 1 aliphatic heterocycles. The normalized spacial score (nSPS) is 15.5. The number of rotatable bonds is 4. The van der Waals surface area contributed by atoms with Crippen LogP contribution in [0.2, 0.25) is 0 Å². The van der Waals surface area contributed by atoms with E-state index < -0.39 is 11.7 Å². The quantitative estimate of drug-likeness (QED) is 0.646. The van der Waals surface area contributed by atoms with Gasteiger partial charge in [-0.2, -0.15) is 13.2 Å². The lowest BCUT2D eigenvalue weighted by Gasteiger charge is -2.33. The molecule has 4 rings (SSSR count). The fourth-order valence-corrected chi connectivity index (χ4v) is 3.76. The molecule has 0 saturated carbocycles. The van der Waals surface area contributed by atoms with Crippen LogP contribution in [-0.4, -0.2) is 34.7 Å². The minimum absolute atomic E-state index is 0.0884. The highest BCUT2D eigenvalue weighted by Gasteiger charge is 2.31. The largest absolute Gasteiger partial charge is 0.497 e. The molecular formula is C21H21F3N4O2. The van der Waals surface area contributed by atoms with Crippen molar-refractivity contribution in [3.05, 3.63) is 58.8 Å². The third kappa shape index (κ3) is 4.10. The molecule has 1 saturated heterocycles. The van der Waals surface area contributed by atoms with Gasteiger partial charge in [0.2, 0.25) is 0 Å². The SMILES string of the molecule is COc1ccc2c(=O)n(CC3CCN(c4ccc(C(F)(F)F)cn4)CC3)cnc2c1. The minimum Gasteiger partial charge on any atom is -0.497 e. The summed E-state index contributed by atoms with van der Waals surface area (Å²) in [5.41, 5.74) is -0.241. The van der Waals surface area contributed by atoms with E-state index in [0.29, 0.717) is 42.1 Å². The second-order valence-electron chi connectivity index (χ2n) is 7.42. The molecule has 0 atom stereocenters. The lowest BCUT2D eigenvalue weighted by molar-refractivity contribution is -0.137. The number of methoxy groups -OCH3 is 1. The number of fused-ring (bicyclic) bond motifs is 1. The number of hydrogen-bond donors (Lipinski definition) is 0. The highest BCUT2D eigenvalue weighted by Crippen LogP contribution is 2.30. The molecule has 1 aromatic carbocycles. The predicted molar refractivity (Wildman–Crippen MR) is 107 cm³/mol. The van der Waals surface area contributed by atoms with Gasteiger partial charge < -0.3 is 9.64 Å². The topological polar surface area (TPSA) is 60.2 Å². The number of aromatic nitrogens is 3. The maximum atomic E-state index is 12.8. The molecule has 0 radical (unpaired) electrons. The summed E-state index contributed by atoms with van der Waals surface area (Å²) in [5, 5.41) is 0.546. The molecular weight excluding hydrogens is 397 g/mol. The maximum absolute atomic E-state index is 12.8. The Labute approximate surface area is 170 Å². The van der Waals surface area contributed by atoms with Gasteiger partial charge in [0.25, 0.3) is 5.56 Å². The average molecular weight is 418 g/mol. The Balaban J connectivity index is 1.41. The highest BCUT2D eigenvalue weighted by molar-refractivity contribution is 5.78. The molecule has 1 aliphatic rings. The van der Waals surface area contributed by atoms with Crippen molar-refractivity contribution >= 4 is 16.7 Å². The number of anilines is 1. The van der Waals surface area contributed by atoms with E-state index >= 15 is 0 Å². The van der Waals surface area contributed by atoms with Crippen LogP contribution in [0.4, 0.5) is 19.0 Å². The summed E-state index contributed by atoms with van der Waals surface area (Å²) in [5.74, 6) is 1.47. The third-order valence-electron chi connectivity index (χ3n) is 5.50. The summed E-state index contributed by atoms with van der Waals surface area (Å²) in [6.07, 6.45) is -0.318. The summed E-state index contributed by atoms with van der Waals surface area (Å²) >= 11 is 0. The molecule has 0 amide bonds. The zero-order chi connectivity index (χ0) is 21.3. The Morgan fingerprint density at radius 3 is 2.53 bits per heavy atom. The van der Waals surface area contributed by atoms with Crippen molar-refractivity contribution in [2.45, 2.75) is 25.6 Å². The first-order chi connectivity index (χ1) is 14.3. The lowest BCUT2D eigenvalue weighted by Crippen LogP contribution is -2.36. The van der Waals surface area contributed by atoms with Gasteiger partial charge in [0.15, 0.2) is 0 Å². The Hall–Kier alpha value is -3.10. The Morgan fingerprint density at radius 2 is 1.90 bits per heavy atom. The van der Waals surface area contributed by atoms with Crippen LogP contribution in [0.25, 0.3) is 10.9 Å². The number of pyridine rings is 1. The zero-order valence-electron chi connectivity index (χ0n) is 16.4. The molecule has 0 spiro atoms. The zero-order valence-corrected chi connectivity index (χ0v) is 16.4. The third-order valence-corrected chi connectivity index (χ3v) is 5.50. The molecule has 3 heterocycles. The summed E-state index contributed by atoms with van der Waals surface area (Å²) in [6.45, 7) is 1.91. The van der Waals surface area contributed by atoms with Gasteiger partial charge in [0.05, 0.1) is 29.9 Å². The molecule has 158 valence electrons. The van der Waals surface area contributed by atoms with Crippen molar-refractivity contribution in [1.29, 1.82) is 0 Å². The van der Waals surface area contributed by atoms with E-state index in [-0.39, 0.29) is 11.5 Å². The smallest absolute Gasteiger partial charge is 0.417 e. The number of hydrogen-bond acceptors (Lipinski definition) is 5. The van der Waals surface area contributed by atoms with Crippen LogP contribution in [0.5, 0.6) is 5.75 Å². The first kappa shape index (κ1) is 20.2. The van der Waals surface area contributed by atoms with Gasteiger partial charge in [-0.05, 0) is 43.0 Å². The summed E-state index contributed by atoms with van der Waals surface area (Å²) < 4.78 is 44.9. The van der Waals surface area contributed by atoms with Crippen molar-refractivity contribution in [2.24, 2.45) is 5.92 Å². The Kier molecular flexibility index (Phi) is 5.36. The molecule has 0 unspecified atom stereocenters. The van der Waals surface area contributed by atoms with Crippen molar-refractivity contribution in [1.82, 2.24) is 14.5 Å². The van der Waals surface area contributed by atoms with Crippen LogP contribution in [-0.2, 0) is 12.7 Å². The van der Waals surface area contributed by atoms with E-state index in [2.05, 4.69) is 9.97 Å². The van der Waals surface area contributed by atoms with E-state index in [0.717, 1.165) is 25.1 Å².